The van der Waals surface area contributed by atoms with E-state index in [1.54, 1.807) is 18.3 Å². The van der Waals surface area contributed by atoms with Gasteiger partial charge in [0, 0.05) is 5.39 Å². The molecule has 1 aliphatic rings. The molecule has 0 bridgehead atoms. The van der Waals surface area contributed by atoms with Crippen molar-refractivity contribution in [3.8, 4) is 0 Å². The van der Waals surface area contributed by atoms with Crippen LogP contribution in [0.3, 0.4) is 0 Å². The third kappa shape index (κ3) is 0.912. The Kier molecular flexibility index (Phi) is 1.45. The highest BCUT2D eigenvalue weighted by Gasteiger charge is 2.17. The van der Waals surface area contributed by atoms with Crippen LogP contribution in [0.1, 0.15) is 0 Å². The van der Waals surface area contributed by atoms with Crippen LogP contribution in [0, 0.1) is 0 Å². The van der Waals surface area contributed by atoms with E-state index in [-0.39, 0.29) is 0 Å². The van der Waals surface area contributed by atoms with E-state index in [0.29, 0.717) is 10.6 Å². The number of aliphatic imine (C=N–C) groups is 1. The van der Waals surface area contributed by atoms with Gasteiger partial charge in [0.1, 0.15) is 0 Å². The first kappa shape index (κ1) is 7.69. The second-order valence-corrected chi connectivity index (χ2v) is 4.06. The Morgan fingerprint density at radius 3 is 3.14 bits per heavy atom. The van der Waals surface area contributed by atoms with Gasteiger partial charge >= 0.3 is 0 Å². The fraction of sp³-hybridized carbons (Fsp3) is 0. The molecule has 1 aromatic heterocycles. The van der Waals surface area contributed by atoms with Gasteiger partial charge in [-0.05, 0) is 17.3 Å². The highest BCUT2D eigenvalue weighted by molar-refractivity contribution is 7.99. The Morgan fingerprint density at radius 1 is 1.29 bits per heavy atom. The third-order valence-electron chi connectivity index (χ3n) is 2.04. The van der Waals surface area contributed by atoms with Crippen LogP contribution in [0.5, 0.6) is 0 Å². The topological polar surface area (TPSA) is 68.1 Å². The van der Waals surface area contributed by atoms with Crippen LogP contribution >= 0.6 is 0 Å². The van der Waals surface area contributed by atoms with Crippen molar-refractivity contribution < 1.29 is 4.21 Å². The number of rotatable bonds is 0. The maximum absolute atomic E-state index is 11.4. The highest BCUT2D eigenvalue weighted by Crippen LogP contribution is 2.33. The molecule has 1 atom stereocenters. The lowest BCUT2D eigenvalue weighted by atomic mass is 10.2. The molecule has 1 aliphatic heterocycles. The molecule has 1 aromatic carbocycles. The molecule has 1 unspecified atom stereocenters. The third-order valence-corrected chi connectivity index (χ3v) is 3.10. The zero-order chi connectivity index (χ0) is 9.54. The van der Waals surface area contributed by atoms with Crippen LogP contribution < -0.4 is 0 Å². The number of fused-ring (bicyclic) bond motifs is 3. The summed E-state index contributed by atoms with van der Waals surface area (Å²) in [6.45, 7) is 0. The molecule has 0 radical (unpaired) electrons. The van der Waals surface area contributed by atoms with E-state index >= 15 is 0 Å². The summed E-state index contributed by atoms with van der Waals surface area (Å²) in [6.07, 6.45) is 1.58. The second kappa shape index (κ2) is 2.65. The quantitative estimate of drug-likeness (QED) is 0.636. The molecule has 6 heteroatoms. The zero-order valence-electron chi connectivity index (χ0n) is 6.91. The summed E-state index contributed by atoms with van der Waals surface area (Å²) in [6, 6.07) is 3.53. The van der Waals surface area contributed by atoms with Crippen molar-refractivity contribution in [2.75, 3.05) is 0 Å². The molecular formula is C8H4N4OS. The van der Waals surface area contributed by atoms with Crippen LogP contribution in [-0.4, -0.2) is 25.2 Å². The van der Waals surface area contributed by atoms with Crippen molar-refractivity contribution in [1.82, 2.24) is 15.4 Å². The monoisotopic (exact) mass is 204 g/mol. The maximum Gasteiger partial charge on any atom is 0.0986 e. The van der Waals surface area contributed by atoms with Crippen molar-refractivity contribution in [1.29, 1.82) is 0 Å². The van der Waals surface area contributed by atoms with E-state index < -0.39 is 10.8 Å². The summed E-state index contributed by atoms with van der Waals surface area (Å²) < 4.78 is 11.4. The standard InChI is InChI=1S/C8H4N4OS/c13-14-4-9-8-5-3-10-12-11-6(5)1-2-7(8)14/h1-4H. The predicted octanol–water partition coefficient (Wildman–Crippen LogP) is 0.806. The first-order valence-electron chi connectivity index (χ1n) is 3.92. The van der Waals surface area contributed by atoms with Crippen molar-refractivity contribution in [2.24, 2.45) is 4.99 Å². The largest absolute Gasteiger partial charge is 0.248 e. The Labute approximate surface area is 81.3 Å². The first-order chi connectivity index (χ1) is 6.86. The van der Waals surface area contributed by atoms with Gasteiger partial charge < -0.3 is 0 Å². The van der Waals surface area contributed by atoms with Gasteiger partial charge in [0.2, 0.25) is 0 Å². The molecule has 5 nitrogen and oxygen atoms in total. The molecule has 2 aromatic rings. The van der Waals surface area contributed by atoms with Gasteiger partial charge in [-0.3, -0.25) is 0 Å². The number of benzene rings is 1. The van der Waals surface area contributed by atoms with Crippen molar-refractivity contribution in [3.05, 3.63) is 18.3 Å². The number of hydrogen-bond donors (Lipinski definition) is 0. The molecule has 14 heavy (non-hydrogen) atoms. The van der Waals surface area contributed by atoms with E-state index in [1.807, 2.05) is 0 Å². The minimum atomic E-state index is -1.12. The Hall–Kier alpha value is -1.69. The Bertz CT molecular complexity index is 581. The summed E-state index contributed by atoms with van der Waals surface area (Å²) in [4.78, 5) is 4.79. The Balaban J connectivity index is 2.49. The van der Waals surface area contributed by atoms with Crippen molar-refractivity contribution in [2.45, 2.75) is 4.90 Å². The molecule has 0 fully saturated rings. The number of hydrogen-bond acceptors (Lipinski definition) is 5. The van der Waals surface area contributed by atoms with Crippen molar-refractivity contribution >= 4 is 32.9 Å². The molecule has 0 aliphatic carbocycles. The SMILES string of the molecule is O=S1C=Nc2c1ccc1nnncc21. The molecule has 0 saturated heterocycles. The molecular weight excluding hydrogens is 200 g/mol. The fourth-order valence-electron chi connectivity index (χ4n) is 1.40. The average molecular weight is 204 g/mol. The normalized spacial score (nSPS) is 18.7. The van der Waals surface area contributed by atoms with Gasteiger partial charge in [0.05, 0.1) is 38.6 Å². The van der Waals surface area contributed by atoms with Crippen LogP contribution in [0.2, 0.25) is 0 Å². The van der Waals surface area contributed by atoms with Crippen LogP contribution in [0.4, 0.5) is 5.69 Å². The first-order valence-corrected chi connectivity index (χ1v) is 5.13. The maximum atomic E-state index is 11.4. The summed E-state index contributed by atoms with van der Waals surface area (Å²) in [5.41, 5.74) is 2.84. The van der Waals surface area contributed by atoms with Crippen LogP contribution in [0.25, 0.3) is 10.9 Å². The van der Waals surface area contributed by atoms with Gasteiger partial charge in [-0.2, -0.15) is 0 Å². The summed E-state index contributed by atoms with van der Waals surface area (Å²) >= 11 is 0. The fourth-order valence-corrected chi connectivity index (χ4v) is 2.27. The zero-order valence-corrected chi connectivity index (χ0v) is 7.73. The lowest BCUT2D eigenvalue weighted by Gasteiger charge is -1.98. The lowest BCUT2D eigenvalue weighted by molar-refractivity contribution is 0.691. The number of aromatic nitrogens is 3. The lowest BCUT2D eigenvalue weighted by Crippen LogP contribution is -1.89. The van der Waals surface area contributed by atoms with Crippen LogP contribution in [-0.2, 0) is 10.8 Å². The van der Waals surface area contributed by atoms with E-state index in [0.717, 1.165) is 10.9 Å². The van der Waals surface area contributed by atoms with E-state index in [4.69, 9.17) is 0 Å². The predicted molar refractivity (Wildman–Crippen MR) is 51.9 cm³/mol. The van der Waals surface area contributed by atoms with Gasteiger partial charge in [0.25, 0.3) is 0 Å². The van der Waals surface area contributed by atoms with Gasteiger partial charge in [-0.15, -0.1) is 10.2 Å². The molecule has 3 rings (SSSR count). The second-order valence-electron chi connectivity index (χ2n) is 2.81. The van der Waals surface area contributed by atoms with Gasteiger partial charge in [-0.25, -0.2) is 9.20 Å². The smallest absolute Gasteiger partial charge is 0.0986 e. The summed E-state index contributed by atoms with van der Waals surface area (Å²) in [7, 11) is -1.12. The molecule has 0 spiro atoms. The van der Waals surface area contributed by atoms with Crippen molar-refractivity contribution in [3.63, 3.8) is 0 Å². The number of nitrogens with zero attached hydrogens (tertiary/aromatic N) is 4. The highest BCUT2D eigenvalue weighted by atomic mass is 32.2. The van der Waals surface area contributed by atoms with Crippen LogP contribution in [0.15, 0.2) is 28.2 Å². The molecule has 68 valence electrons. The molecule has 0 N–H and O–H groups in total. The van der Waals surface area contributed by atoms with E-state index in [2.05, 4.69) is 20.4 Å². The Morgan fingerprint density at radius 2 is 2.21 bits per heavy atom. The van der Waals surface area contributed by atoms with E-state index in [9.17, 15) is 4.21 Å². The molecule has 0 amide bonds. The average Bonchev–Trinajstić information content (AvgIpc) is 2.61. The molecule has 0 saturated carbocycles. The summed E-state index contributed by atoms with van der Waals surface area (Å²) in [5.74, 6) is 0. The summed E-state index contributed by atoms with van der Waals surface area (Å²) in [5, 5.41) is 11.9. The van der Waals surface area contributed by atoms with E-state index in [1.165, 1.54) is 5.55 Å². The van der Waals surface area contributed by atoms with Gasteiger partial charge in [-0.1, -0.05) is 0 Å². The molecule has 2 heterocycles. The minimum absolute atomic E-state index is 0.697. The minimum Gasteiger partial charge on any atom is -0.248 e. The van der Waals surface area contributed by atoms with Gasteiger partial charge in [0.15, 0.2) is 0 Å².